The molecule has 106 valence electrons. The van der Waals surface area contributed by atoms with E-state index in [1.807, 2.05) is 30.5 Å². The first-order valence-electron chi connectivity index (χ1n) is 6.61. The summed E-state index contributed by atoms with van der Waals surface area (Å²) in [5, 5.41) is 1.68. The van der Waals surface area contributed by atoms with E-state index < -0.39 is 0 Å². The van der Waals surface area contributed by atoms with Gasteiger partial charge in [-0.05, 0) is 41.8 Å². The molecule has 3 aromatic rings. The molecule has 1 heterocycles. The number of H-pyrrole nitrogens is 1. The van der Waals surface area contributed by atoms with Gasteiger partial charge in [-0.2, -0.15) is 0 Å². The average molecular weight is 300 g/mol. The first-order valence-corrected chi connectivity index (χ1v) is 6.98. The number of halogens is 1. The predicted octanol–water partition coefficient (Wildman–Crippen LogP) is 4.20. The summed E-state index contributed by atoms with van der Waals surface area (Å²) >= 11 is 5.99. The highest BCUT2D eigenvalue weighted by atomic mass is 35.5. The van der Waals surface area contributed by atoms with Crippen LogP contribution in [0.5, 0.6) is 0 Å². The van der Waals surface area contributed by atoms with E-state index in [9.17, 15) is 4.79 Å². The fourth-order valence-corrected chi connectivity index (χ4v) is 2.68. The molecule has 0 atom stereocenters. The minimum atomic E-state index is -0.367. The van der Waals surface area contributed by atoms with E-state index >= 15 is 0 Å². The molecule has 21 heavy (non-hydrogen) atoms. The Balaban J connectivity index is 2.05. The lowest BCUT2D eigenvalue weighted by Gasteiger charge is -2.09. The smallest absolute Gasteiger partial charge is 0.338 e. The first-order chi connectivity index (χ1) is 10.2. The van der Waals surface area contributed by atoms with E-state index in [0.29, 0.717) is 17.0 Å². The van der Waals surface area contributed by atoms with Crippen molar-refractivity contribution in [1.82, 2.24) is 4.98 Å². The van der Waals surface area contributed by atoms with Crippen LogP contribution >= 0.6 is 11.6 Å². The molecule has 0 aliphatic rings. The quantitative estimate of drug-likeness (QED) is 0.737. The number of methoxy groups -OCH3 is 1. The third-order valence-corrected chi connectivity index (χ3v) is 3.78. The third kappa shape index (κ3) is 2.65. The van der Waals surface area contributed by atoms with Gasteiger partial charge in [0.2, 0.25) is 0 Å². The summed E-state index contributed by atoms with van der Waals surface area (Å²) in [6.45, 7) is 0. The predicted molar refractivity (Wildman–Crippen MR) is 83.9 cm³/mol. The Hall–Kier alpha value is -2.26. The lowest BCUT2D eigenvalue weighted by molar-refractivity contribution is 0.0599. The number of aromatic nitrogens is 1. The van der Waals surface area contributed by atoms with Gasteiger partial charge in [-0.25, -0.2) is 4.79 Å². The van der Waals surface area contributed by atoms with E-state index in [4.69, 9.17) is 16.3 Å². The van der Waals surface area contributed by atoms with Gasteiger partial charge in [-0.15, -0.1) is 0 Å². The van der Waals surface area contributed by atoms with E-state index in [0.717, 1.165) is 22.0 Å². The van der Waals surface area contributed by atoms with Gasteiger partial charge in [-0.3, -0.25) is 0 Å². The summed E-state index contributed by atoms with van der Waals surface area (Å²) < 4.78 is 4.84. The number of ether oxygens (including phenoxy) is 1. The van der Waals surface area contributed by atoms with Crippen molar-refractivity contribution in [2.75, 3.05) is 7.11 Å². The second-order valence-electron chi connectivity index (χ2n) is 4.83. The minimum absolute atomic E-state index is 0.367. The molecule has 0 radical (unpaired) electrons. The van der Waals surface area contributed by atoms with Crippen LogP contribution in [-0.4, -0.2) is 18.1 Å². The van der Waals surface area contributed by atoms with Crippen LogP contribution in [0.2, 0.25) is 5.02 Å². The van der Waals surface area contributed by atoms with Crippen LogP contribution in [0.25, 0.3) is 10.9 Å². The maximum absolute atomic E-state index is 11.9. The molecule has 0 spiro atoms. The number of hydrogen-bond donors (Lipinski definition) is 1. The van der Waals surface area contributed by atoms with Crippen LogP contribution in [0.1, 0.15) is 21.5 Å². The van der Waals surface area contributed by atoms with Crippen molar-refractivity contribution in [3.63, 3.8) is 0 Å². The van der Waals surface area contributed by atoms with Crippen LogP contribution in [0.3, 0.4) is 0 Å². The fourth-order valence-electron chi connectivity index (χ4n) is 2.51. The van der Waals surface area contributed by atoms with Crippen LogP contribution in [0.4, 0.5) is 0 Å². The molecule has 3 rings (SSSR count). The Morgan fingerprint density at radius 2 is 2.05 bits per heavy atom. The molecule has 0 aliphatic carbocycles. The van der Waals surface area contributed by atoms with E-state index in [1.165, 1.54) is 7.11 Å². The molecule has 4 heteroatoms. The molecule has 1 N–H and O–H groups in total. The third-order valence-electron chi connectivity index (χ3n) is 3.54. The maximum atomic E-state index is 11.9. The Morgan fingerprint density at radius 1 is 1.19 bits per heavy atom. The number of esters is 1. The largest absolute Gasteiger partial charge is 0.465 e. The molecule has 0 fully saturated rings. The van der Waals surface area contributed by atoms with Crippen LogP contribution in [0, 0.1) is 0 Å². The number of carbonyl (C=O) groups excluding carboxylic acids is 1. The van der Waals surface area contributed by atoms with Gasteiger partial charge in [0.05, 0.1) is 12.7 Å². The van der Waals surface area contributed by atoms with Crippen molar-refractivity contribution in [3.8, 4) is 0 Å². The van der Waals surface area contributed by atoms with Crippen molar-refractivity contribution < 1.29 is 9.53 Å². The van der Waals surface area contributed by atoms with Gasteiger partial charge in [0, 0.05) is 22.1 Å². The van der Waals surface area contributed by atoms with Gasteiger partial charge >= 0.3 is 5.97 Å². The number of carbonyl (C=O) groups is 1. The summed E-state index contributed by atoms with van der Waals surface area (Å²) in [7, 11) is 1.37. The van der Waals surface area contributed by atoms with Crippen molar-refractivity contribution in [2.45, 2.75) is 6.42 Å². The highest BCUT2D eigenvalue weighted by Gasteiger charge is 2.14. The number of fused-ring (bicyclic) bond motifs is 1. The molecule has 1 aromatic heterocycles. The lowest BCUT2D eigenvalue weighted by Crippen LogP contribution is -2.06. The number of rotatable bonds is 3. The SMILES string of the molecule is COC(=O)c1cc(Cl)ccc1Cc1cccc2[nH]ccc12. The second kappa shape index (κ2) is 5.62. The van der Waals surface area contributed by atoms with Crippen LogP contribution < -0.4 is 0 Å². The van der Waals surface area contributed by atoms with Crippen molar-refractivity contribution in [2.24, 2.45) is 0 Å². The molecular weight excluding hydrogens is 286 g/mol. The van der Waals surface area contributed by atoms with E-state index in [-0.39, 0.29) is 5.97 Å². The molecular formula is C17H14ClNO2. The zero-order valence-electron chi connectivity index (χ0n) is 11.5. The molecule has 0 bridgehead atoms. The van der Waals surface area contributed by atoms with Gasteiger partial charge in [0.1, 0.15) is 0 Å². The average Bonchev–Trinajstić information content (AvgIpc) is 2.97. The van der Waals surface area contributed by atoms with Crippen LogP contribution in [0.15, 0.2) is 48.7 Å². The maximum Gasteiger partial charge on any atom is 0.338 e. The van der Waals surface area contributed by atoms with Crippen molar-refractivity contribution >= 4 is 28.5 Å². The van der Waals surface area contributed by atoms with Gasteiger partial charge in [0.25, 0.3) is 0 Å². The summed E-state index contributed by atoms with van der Waals surface area (Å²) in [6.07, 6.45) is 2.56. The Kier molecular flexibility index (Phi) is 3.67. The van der Waals surface area contributed by atoms with Gasteiger partial charge in [0.15, 0.2) is 0 Å². The molecule has 0 saturated heterocycles. The Morgan fingerprint density at radius 3 is 2.86 bits per heavy atom. The normalized spacial score (nSPS) is 10.8. The monoisotopic (exact) mass is 299 g/mol. The zero-order chi connectivity index (χ0) is 14.8. The second-order valence-corrected chi connectivity index (χ2v) is 5.26. The summed E-state index contributed by atoms with van der Waals surface area (Å²) in [6, 6.07) is 13.5. The number of benzene rings is 2. The minimum Gasteiger partial charge on any atom is -0.465 e. The van der Waals surface area contributed by atoms with Crippen LogP contribution in [-0.2, 0) is 11.2 Å². The number of hydrogen-bond acceptors (Lipinski definition) is 2. The first kappa shape index (κ1) is 13.7. The van der Waals surface area contributed by atoms with Crippen molar-refractivity contribution in [1.29, 1.82) is 0 Å². The zero-order valence-corrected chi connectivity index (χ0v) is 12.3. The fraction of sp³-hybridized carbons (Fsp3) is 0.118. The van der Waals surface area contributed by atoms with Crippen molar-refractivity contribution in [3.05, 3.63) is 70.4 Å². The molecule has 0 unspecified atom stereocenters. The molecule has 2 aromatic carbocycles. The molecule has 0 aliphatic heterocycles. The summed E-state index contributed by atoms with van der Waals surface area (Å²) in [5.74, 6) is -0.367. The summed E-state index contributed by atoms with van der Waals surface area (Å²) in [4.78, 5) is 15.1. The number of aromatic amines is 1. The lowest BCUT2D eigenvalue weighted by atomic mass is 9.97. The Bertz CT molecular complexity index is 807. The summed E-state index contributed by atoms with van der Waals surface area (Å²) in [5.41, 5.74) is 3.65. The number of nitrogens with one attached hydrogen (secondary N) is 1. The topological polar surface area (TPSA) is 42.1 Å². The standard InChI is InChI=1S/C17H14ClNO2/c1-21-17(20)15-10-13(18)6-5-12(15)9-11-3-2-4-16-14(11)7-8-19-16/h2-8,10,19H,9H2,1H3. The molecule has 0 amide bonds. The van der Waals surface area contributed by atoms with E-state index in [1.54, 1.807) is 12.1 Å². The molecule has 0 saturated carbocycles. The van der Waals surface area contributed by atoms with Gasteiger partial charge in [-0.1, -0.05) is 29.8 Å². The highest BCUT2D eigenvalue weighted by Crippen LogP contribution is 2.24. The molecule has 3 nitrogen and oxygen atoms in total. The Labute approximate surface area is 127 Å². The highest BCUT2D eigenvalue weighted by molar-refractivity contribution is 6.31. The van der Waals surface area contributed by atoms with E-state index in [2.05, 4.69) is 11.1 Å². The van der Waals surface area contributed by atoms with Gasteiger partial charge < -0.3 is 9.72 Å².